The van der Waals surface area contributed by atoms with Gasteiger partial charge in [0.1, 0.15) is 4.70 Å². The van der Waals surface area contributed by atoms with E-state index in [0.717, 1.165) is 66.6 Å². The van der Waals surface area contributed by atoms with E-state index in [1.54, 1.807) is 4.40 Å². The summed E-state index contributed by atoms with van der Waals surface area (Å²) in [5.41, 5.74) is 3.17. The molecule has 0 atom stereocenters. The number of para-hydroxylation sites is 2. The SMILES string of the molecule is CC(C)CCN(CCC(C)C)C(=O)c1cccc2sc3c(=O)n4c5ccccc5n(CCCN5CCCCC5)c4nc3c12.Cl. The maximum atomic E-state index is 14.2. The van der Waals surface area contributed by atoms with Crippen molar-refractivity contribution in [1.29, 1.82) is 0 Å². The number of aryl methyl sites for hydroxylation is 1. The van der Waals surface area contributed by atoms with Gasteiger partial charge in [-0.2, -0.15) is 0 Å². The second-order valence-corrected chi connectivity index (χ2v) is 14.1. The van der Waals surface area contributed by atoms with Crippen molar-refractivity contribution in [3.8, 4) is 0 Å². The monoisotopic (exact) mass is 635 g/mol. The lowest BCUT2D eigenvalue weighted by Gasteiger charge is -2.26. The fourth-order valence-corrected chi connectivity index (χ4v) is 7.56. The Balaban J connectivity index is 0.00000384. The van der Waals surface area contributed by atoms with Gasteiger partial charge in [0.15, 0.2) is 0 Å². The zero-order valence-corrected chi connectivity index (χ0v) is 28.2. The normalized spacial score (nSPS) is 14.4. The van der Waals surface area contributed by atoms with Crippen LogP contribution >= 0.6 is 23.7 Å². The largest absolute Gasteiger partial charge is 0.339 e. The lowest BCUT2D eigenvalue weighted by molar-refractivity contribution is 0.0743. The van der Waals surface area contributed by atoms with Crippen LogP contribution in [0.25, 0.3) is 37.1 Å². The maximum absolute atomic E-state index is 14.2. The Labute approximate surface area is 270 Å². The molecule has 0 saturated carbocycles. The minimum Gasteiger partial charge on any atom is -0.339 e. The molecule has 6 rings (SSSR count). The molecule has 4 heterocycles. The predicted octanol–water partition coefficient (Wildman–Crippen LogP) is 7.85. The first-order chi connectivity index (χ1) is 20.8. The molecule has 9 heteroatoms. The van der Waals surface area contributed by atoms with Crippen LogP contribution in [-0.4, -0.2) is 62.4 Å². The van der Waals surface area contributed by atoms with Gasteiger partial charge in [0.25, 0.3) is 11.5 Å². The minimum atomic E-state index is -0.0537. The number of carbonyl (C=O) groups is 1. The Bertz CT molecular complexity index is 1800. The molecule has 7 nitrogen and oxygen atoms in total. The summed E-state index contributed by atoms with van der Waals surface area (Å²) in [5, 5.41) is 0.816. The van der Waals surface area contributed by atoms with Gasteiger partial charge in [-0.15, -0.1) is 23.7 Å². The number of amides is 1. The van der Waals surface area contributed by atoms with E-state index in [4.69, 9.17) is 4.98 Å². The molecule has 0 radical (unpaired) electrons. The van der Waals surface area contributed by atoms with E-state index in [1.165, 1.54) is 43.7 Å². The van der Waals surface area contributed by atoms with Gasteiger partial charge in [-0.05, 0) is 87.8 Å². The molecule has 5 aromatic rings. The highest BCUT2D eigenvalue weighted by Crippen LogP contribution is 2.35. The topological polar surface area (TPSA) is 62.9 Å². The first-order valence-electron chi connectivity index (χ1n) is 16.2. The molecular weight excluding hydrogens is 590 g/mol. The third-order valence-corrected chi connectivity index (χ3v) is 10.1. The average Bonchev–Trinajstić information content (AvgIpc) is 3.54. The number of halogens is 1. The first-order valence-corrected chi connectivity index (χ1v) is 17.0. The summed E-state index contributed by atoms with van der Waals surface area (Å²) in [6.07, 6.45) is 6.81. The van der Waals surface area contributed by atoms with Gasteiger partial charge in [-0.25, -0.2) is 9.38 Å². The molecule has 1 aliphatic rings. The standard InChI is InChI=1S/C35H45N5O2S.ClH/c1-24(2)16-22-38(23-17-25(3)4)33(41)26-12-10-15-29-30(26)31-32(43-29)34(42)40-28-14-7-6-13-27(28)39(35(40)36-31)21-11-20-37-18-8-5-9-19-37;/h6-7,10,12-15,24-25H,5,8-9,11,16-23H2,1-4H3;1H. The van der Waals surface area contributed by atoms with E-state index in [0.29, 0.717) is 33.4 Å². The van der Waals surface area contributed by atoms with Crippen LogP contribution in [0.4, 0.5) is 0 Å². The highest BCUT2D eigenvalue weighted by Gasteiger charge is 2.24. The summed E-state index contributed by atoms with van der Waals surface area (Å²) in [6, 6.07) is 14.0. The molecule has 236 valence electrons. The van der Waals surface area contributed by atoms with Crippen LogP contribution < -0.4 is 5.56 Å². The summed E-state index contributed by atoms with van der Waals surface area (Å²) in [6.45, 7) is 14.5. The van der Waals surface area contributed by atoms with Crippen LogP contribution in [0.15, 0.2) is 47.3 Å². The van der Waals surface area contributed by atoms with Crippen molar-refractivity contribution >= 4 is 66.8 Å². The Morgan fingerprint density at radius 2 is 1.59 bits per heavy atom. The zero-order valence-electron chi connectivity index (χ0n) is 26.6. The fraction of sp³-hybridized carbons (Fsp3) is 0.514. The van der Waals surface area contributed by atoms with Gasteiger partial charge < -0.3 is 14.4 Å². The number of hydrogen-bond donors (Lipinski definition) is 0. The lowest BCUT2D eigenvalue weighted by Crippen LogP contribution is -2.34. The van der Waals surface area contributed by atoms with Crippen molar-refractivity contribution in [2.24, 2.45) is 11.8 Å². The first kappa shape index (κ1) is 32.5. The van der Waals surface area contributed by atoms with E-state index < -0.39 is 0 Å². The van der Waals surface area contributed by atoms with Crippen molar-refractivity contribution in [3.05, 3.63) is 58.4 Å². The number of hydrogen-bond acceptors (Lipinski definition) is 5. The molecule has 0 N–H and O–H groups in total. The summed E-state index contributed by atoms with van der Waals surface area (Å²) < 4.78 is 5.55. The van der Waals surface area contributed by atoms with E-state index >= 15 is 0 Å². The van der Waals surface area contributed by atoms with Crippen LogP contribution in [0.3, 0.4) is 0 Å². The Kier molecular flexibility index (Phi) is 10.3. The molecule has 0 bridgehead atoms. The molecule has 1 amide bonds. The van der Waals surface area contributed by atoms with Crippen molar-refractivity contribution < 1.29 is 4.79 Å². The van der Waals surface area contributed by atoms with Gasteiger partial charge in [0, 0.05) is 29.7 Å². The quantitative estimate of drug-likeness (QED) is 0.148. The van der Waals surface area contributed by atoms with Crippen LogP contribution in [0.1, 0.15) is 76.6 Å². The summed E-state index contributed by atoms with van der Waals surface area (Å²) in [4.78, 5) is 38.2. The average molecular weight is 636 g/mol. The molecular formula is C35H46ClN5O2S. The van der Waals surface area contributed by atoms with Gasteiger partial charge in [0.05, 0.1) is 22.1 Å². The number of imidazole rings is 1. The van der Waals surface area contributed by atoms with Crippen molar-refractivity contribution in [2.75, 3.05) is 32.7 Å². The molecule has 44 heavy (non-hydrogen) atoms. The van der Waals surface area contributed by atoms with Crippen LogP contribution in [-0.2, 0) is 6.54 Å². The van der Waals surface area contributed by atoms with Crippen molar-refractivity contribution in [2.45, 2.75) is 72.8 Å². The zero-order chi connectivity index (χ0) is 30.1. The Morgan fingerprint density at radius 3 is 2.27 bits per heavy atom. The number of aromatic nitrogens is 3. The molecule has 1 aliphatic heterocycles. The number of fused-ring (bicyclic) bond motifs is 6. The van der Waals surface area contributed by atoms with Gasteiger partial charge in [-0.1, -0.05) is 52.3 Å². The number of likely N-dealkylation sites (tertiary alicyclic amines) is 1. The predicted molar refractivity (Wildman–Crippen MR) is 187 cm³/mol. The second kappa shape index (κ2) is 14.0. The molecule has 1 fully saturated rings. The van der Waals surface area contributed by atoms with E-state index in [2.05, 4.69) is 43.2 Å². The number of rotatable bonds is 11. The molecule has 1 saturated heterocycles. The Morgan fingerprint density at radius 1 is 0.909 bits per heavy atom. The van der Waals surface area contributed by atoms with Crippen molar-refractivity contribution in [1.82, 2.24) is 23.8 Å². The maximum Gasteiger partial charge on any atom is 0.277 e. The highest BCUT2D eigenvalue weighted by molar-refractivity contribution is 7.25. The third-order valence-electron chi connectivity index (χ3n) is 8.93. The summed E-state index contributed by atoms with van der Waals surface area (Å²) in [7, 11) is 0. The van der Waals surface area contributed by atoms with Crippen LogP contribution in [0.2, 0.25) is 0 Å². The van der Waals surface area contributed by atoms with E-state index in [-0.39, 0.29) is 23.9 Å². The second-order valence-electron chi connectivity index (χ2n) is 13.1. The van der Waals surface area contributed by atoms with E-state index in [9.17, 15) is 9.59 Å². The number of piperidine rings is 1. The summed E-state index contributed by atoms with van der Waals surface area (Å²) in [5.74, 6) is 1.73. The molecule has 0 spiro atoms. The van der Waals surface area contributed by atoms with Crippen LogP contribution in [0, 0.1) is 11.8 Å². The lowest BCUT2D eigenvalue weighted by atomic mass is 10.1. The number of thiophene rings is 1. The van der Waals surface area contributed by atoms with Gasteiger partial charge in [0.2, 0.25) is 5.78 Å². The fourth-order valence-electron chi connectivity index (χ4n) is 6.46. The van der Waals surface area contributed by atoms with Gasteiger partial charge in [-0.3, -0.25) is 9.59 Å². The van der Waals surface area contributed by atoms with Crippen molar-refractivity contribution in [3.63, 3.8) is 0 Å². The minimum absolute atomic E-state index is 0. The highest BCUT2D eigenvalue weighted by atomic mass is 35.5. The third kappa shape index (κ3) is 6.40. The molecule has 3 aromatic heterocycles. The molecule has 0 aliphatic carbocycles. The van der Waals surface area contributed by atoms with E-state index in [1.807, 2.05) is 41.3 Å². The molecule has 0 unspecified atom stereocenters. The summed E-state index contributed by atoms with van der Waals surface area (Å²) >= 11 is 1.45. The molecule has 2 aromatic carbocycles. The smallest absolute Gasteiger partial charge is 0.277 e. The number of carbonyl (C=O) groups excluding carboxylic acids is 1. The number of nitrogens with zero attached hydrogens (tertiary/aromatic N) is 5. The number of benzene rings is 2. The van der Waals surface area contributed by atoms with Gasteiger partial charge >= 0.3 is 0 Å². The van der Waals surface area contributed by atoms with Crippen LogP contribution in [0.5, 0.6) is 0 Å². The Hall–Kier alpha value is -2.94.